The van der Waals surface area contributed by atoms with Crippen LogP contribution in [0.15, 0.2) is 28.7 Å². The van der Waals surface area contributed by atoms with Gasteiger partial charge in [0.25, 0.3) is 0 Å². The lowest BCUT2D eigenvalue weighted by Crippen LogP contribution is -2.30. The first-order valence-electron chi connectivity index (χ1n) is 5.75. The number of rotatable bonds is 2. The molecule has 1 heterocycles. The monoisotopic (exact) mass is 328 g/mol. The second kappa shape index (κ2) is 5.92. The standard InChI is InChI=1S/C12H13BrN2O4/c13-8-2-1-3-9(6-8)14-11(16)19-10-4-5-15(7-10)12(17)18/h1-3,6,10H,4-5,7H2,(H,14,16)(H,17,18). The molecular weight excluding hydrogens is 316 g/mol. The fraction of sp³-hybridized carbons (Fsp3) is 0.333. The number of carboxylic acid groups (broad SMARTS) is 1. The van der Waals surface area contributed by atoms with Crippen LogP contribution in [0.25, 0.3) is 0 Å². The molecule has 0 aromatic heterocycles. The highest BCUT2D eigenvalue weighted by Crippen LogP contribution is 2.17. The van der Waals surface area contributed by atoms with Gasteiger partial charge in [-0.3, -0.25) is 5.32 Å². The molecule has 0 spiro atoms. The molecule has 0 radical (unpaired) electrons. The van der Waals surface area contributed by atoms with Gasteiger partial charge in [0.15, 0.2) is 0 Å². The van der Waals surface area contributed by atoms with Gasteiger partial charge in [-0.05, 0) is 18.2 Å². The number of nitrogens with zero attached hydrogens (tertiary/aromatic N) is 1. The average Bonchev–Trinajstić information content (AvgIpc) is 2.77. The van der Waals surface area contributed by atoms with Crippen LogP contribution in [0.3, 0.4) is 0 Å². The van der Waals surface area contributed by atoms with Gasteiger partial charge in [-0.25, -0.2) is 9.59 Å². The molecule has 102 valence electrons. The van der Waals surface area contributed by atoms with Crippen LogP contribution in [0.2, 0.25) is 0 Å². The number of amides is 2. The molecule has 2 amide bonds. The number of ether oxygens (including phenoxy) is 1. The zero-order valence-electron chi connectivity index (χ0n) is 10.0. The summed E-state index contributed by atoms with van der Waals surface area (Å²) in [5.74, 6) is 0. The molecule has 7 heteroatoms. The first-order chi connectivity index (χ1) is 9.04. The summed E-state index contributed by atoms with van der Waals surface area (Å²) in [6.45, 7) is 0.616. The van der Waals surface area contributed by atoms with E-state index in [1.165, 1.54) is 4.90 Å². The van der Waals surface area contributed by atoms with Crippen LogP contribution in [0.1, 0.15) is 6.42 Å². The Kier molecular flexibility index (Phi) is 4.26. The van der Waals surface area contributed by atoms with Crippen molar-refractivity contribution in [2.75, 3.05) is 18.4 Å². The predicted octanol–water partition coefficient (Wildman–Crippen LogP) is 2.75. The van der Waals surface area contributed by atoms with Crippen LogP contribution in [0, 0.1) is 0 Å². The van der Waals surface area contributed by atoms with Crippen molar-refractivity contribution in [3.05, 3.63) is 28.7 Å². The first kappa shape index (κ1) is 13.7. The Morgan fingerprint density at radius 2 is 2.26 bits per heavy atom. The molecule has 1 aliphatic rings. The summed E-state index contributed by atoms with van der Waals surface area (Å²) < 4.78 is 6.02. The van der Waals surface area contributed by atoms with Crippen LogP contribution in [0.4, 0.5) is 15.3 Å². The van der Waals surface area contributed by atoms with Crippen LogP contribution < -0.4 is 5.32 Å². The Bertz CT molecular complexity index is 494. The topological polar surface area (TPSA) is 78.9 Å². The first-order valence-corrected chi connectivity index (χ1v) is 6.55. The maximum atomic E-state index is 11.6. The lowest BCUT2D eigenvalue weighted by atomic mass is 10.3. The second-order valence-electron chi connectivity index (χ2n) is 4.18. The van der Waals surface area contributed by atoms with E-state index >= 15 is 0 Å². The molecule has 0 saturated carbocycles. The molecule has 1 atom stereocenters. The zero-order chi connectivity index (χ0) is 13.8. The van der Waals surface area contributed by atoms with Crippen molar-refractivity contribution in [1.82, 2.24) is 4.90 Å². The number of hydrogen-bond acceptors (Lipinski definition) is 3. The Hall–Kier alpha value is -1.76. The van der Waals surface area contributed by atoms with Crippen molar-refractivity contribution in [3.63, 3.8) is 0 Å². The SMILES string of the molecule is O=C(Nc1cccc(Br)c1)OC1CCN(C(=O)O)C1. The third-order valence-electron chi connectivity index (χ3n) is 2.76. The minimum atomic E-state index is -0.988. The Morgan fingerprint density at radius 1 is 1.47 bits per heavy atom. The summed E-state index contributed by atoms with van der Waals surface area (Å²) in [4.78, 5) is 23.6. The minimum Gasteiger partial charge on any atom is -0.465 e. The van der Waals surface area contributed by atoms with E-state index < -0.39 is 12.2 Å². The lowest BCUT2D eigenvalue weighted by molar-refractivity contribution is 0.109. The van der Waals surface area contributed by atoms with Crippen LogP contribution in [-0.2, 0) is 4.74 Å². The van der Waals surface area contributed by atoms with E-state index in [9.17, 15) is 9.59 Å². The highest BCUT2D eigenvalue weighted by molar-refractivity contribution is 9.10. The van der Waals surface area contributed by atoms with Gasteiger partial charge in [-0.2, -0.15) is 0 Å². The highest BCUT2D eigenvalue weighted by Gasteiger charge is 2.28. The third kappa shape index (κ3) is 3.85. The second-order valence-corrected chi connectivity index (χ2v) is 5.10. The molecular formula is C12H13BrN2O4. The van der Waals surface area contributed by atoms with Gasteiger partial charge in [-0.1, -0.05) is 22.0 Å². The number of anilines is 1. The van der Waals surface area contributed by atoms with E-state index in [2.05, 4.69) is 21.2 Å². The van der Waals surface area contributed by atoms with Gasteiger partial charge >= 0.3 is 12.2 Å². The van der Waals surface area contributed by atoms with E-state index in [1.807, 2.05) is 6.07 Å². The minimum absolute atomic E-state index is 0.223. The number of nitrogens with one attached hydrogen (secondary N) is 1. The molecule has 1 saturated heterocycles. The molecule has 1 fully saturated rings. The highest BCUT2D eigenvalue weighted by atomic mass is 79.9. The molecule has 1 unspecified atom stereocenters. The van der Waals surface area contributed by atoms with Gasteiger partial charge in [-0.15, -0.1) is 0 Å². The molecule has 1 aromatic carbocycles. The van der Waals surface area contributed by atoms with Crippen LogP contribution in [-0.4, -0.2) is 41.4 Å². The normalized spacial score (nSPS) is 18.2. The molecule has 2 N–H and O–H groups in total. The van der Waals surface area contributed by atoms with E-state index in [0.717, 1.165) is 4.47 Å². The summed E-state index contributed by atoms with van der Waals surface area (Å²) in [5.41, 5.74) is 0.618. The van der Waals surface area contributed by atoms with Crippen LogP contribution in [0.5, 0.6) is 0 Å². The van der Waals surface area contributed by atoms with Gasteiger partial charge in [0.2, 0.25) is 0 Å². The fourth-order valence-corrected chi connectivity index (χ4v) is 2.26. The summed E-state index contributed by atoms with van der Waals surface area (Å²) in [5, 5.41) is 11.4. The number of hydrogen-bond donors (Lipinski definition) is 2. The van der Waals surface area contributed by atoms with Crippen molar-refractivity contribution in [2.24, 2.45) is 0 Å². The number of halogens is 1. The lowest BCUT2D eigenvalue weighted by Gasteiger charge is -2.13. The van der Waals surface area contributed by atoms with Crippen molar-refractivity contribution >= 4 is 33.8 Å². The summed E-state index contributed by atoms with van der Waals surface area (Å²) in [6, 6.07) is 7.13. The number of likely N-dealkylation sites (tertiary alicyclic amines) is 1. The molecule has 1 aliphatic heterocycles. The van der Waals surface area contributed by atoms with Crippen molar-refractivity contribution in [1.29, 1.82) is 0 Å². The number of carbonyl (C=O) groups is 2. The quantitative estimate of drug-likeness (QED) is 0.874. The number of carbonyl (C=O) groups excluding carboxylic acids is 1. The van der Waals surface area contributed by atoms with Gasteiger partial charge in [0.05, 0.1) is 6.54 Å². The molecule has 0 bridgehead atoms. The maximum Gasteiger partial charge on any atom is 0.411 e. The average molecular weight is 329 g/mol. The van der Waals surface area contributed by atoms with Gasteiger partial charge in [0.1, 0.15) is 6.10 Å². The van der Waals surface area contributed by atoms with Crippen molar-refractivity contribution in [2.45, 2.75) is 12.5 Å². The van der Waals surface area contributed by atoms with E-state index in [1.54, 1.807) is 18.2 Å². The Balaban J connectivity index is 1.84. The fourth-order valence-electron chi connectivity index (χ4n) is 1.86. The Morgan fingerprint density at radius 3 is 2.89 bits per heavy atom. The van der Waals surface area contributed by atoms with Crippen LogP contribution >= 0.6 is 15.9 Å². The summed E-state index contributed by atoms with van der Waals surface area (Å²) in [7, 11) is 0. The van der Waals surface area contributed by atoms with Crippen molar-refractivity contribution < 1.29 is 19.4 Å². The number of benzene rings is 1. The maximum absolute atomic E-state index is 11.6. The Labute approximate surface area is 118 Å². The third-order valence-corrected chi connectivity index (χ3v) is 3.25. The predicted molar refractivity (Wildman–Crippen MR) is 72.2 cm³/mol. The largest absolute Gasteiger partial charge is 0.465 e. The van der Waals surface area contributed by atoms with E-state index in [0.29, 0.717) is 18.7 Å². The summed E-state index contributed by atoms with van der Waals surface area (Å²) in [6.07, 6.45) is -1.42. The van der Waals surface area contributed by atoms with E-state index in [-0.39, 0.29) is 12.6 Å². The smallest absolute Gasteiger partial charge is 0.411 e. The molecule has 6 nitrogen and oxygen atoms in total. The van der Waals surface area contributed by atoms with E-state index in [4.69, 9.17) is 9.84 Å². The summed E-state index contributed by atoms with van der Waals surface area (Å²) >= 11 is 3.30. The molecule has 2 rings (SSSR count). The van der Waals surface area contributed by atoms with Gasteiger partial charge in [0, 0.05) is 23.1 Å². The molecule has 19 heavy (non-hydrogen) atoms. The molecule has 0 aliphatic carbocycles. The van der Waals surface area contributed by atoms with Gasteiger partial charge < -0.3 is 14.7 Å². The zero-order valence-corrected chi connectivity index (χ0v) is 11.6. The van der Waals surface area contributed by atoms with Crippen molar-refractivity contribution in [3.8, 4) is 0 Å². The molecule has 1 aromatic rings.